The van der Waals surface area contributed by atoms with Gasteiger partial charge in [0.15, 0.2) is 0 Å². The number of carbonyl (C=O) groups excluding carboxylic acids is 1. The van der Waals surface area contributed by atoms with Gasteiger partial charge in [-0.05, 0) is 42.3 Å². The van der Waals surface area contributed by atoms with Gasteiger partial charge >= 0.3 is 5.97 Å². The van der Waals surface area contributed by atoms with Gasteiger partial charge in [-0.3, -0.25) is 0 Å². The van der Waals surface area contributed by atoms with Crippen LogP contribution in [0.5, 0.6) is 5.75 Å². The molecule has 3 nitrogen and oxygen atoms in total. The lowest BCUT2D eigenvalue weighted by atomic mass is 9.99. The van der Waals surface area contributed by atoms with Gasteiger partial charge in [-0.2, -0.15) is 0 Å². The first-order valence-electron chi connectivity index (χ1n) is 6.71. The summed E-state index contributed by atoms with van der Waals surface area (Å²) in [6, 6.07) is 6.02. The van der Waals surface area contributed by atoms with E-state index in [1.54, 1.807) is 0 Å². The van der Waals surface area contributed by atoms with Gasteiger partial charge < -0.3 is 9.47 Å². The third-order valence-electron chi connectivity index (χ3n) is 3.54. The first kappa shape index (κ1) is 13.4. The quantitative estimate of drug-likeness (QED) is 0.770. The number of rotatable bonds is 2. The van der Waals surface area contributed by atoms with Crippen molar-refractivity contribution in [2.75, 3.05) is 13.2 Å². The number of ether oxygens (including phenoxy) is 2. The Morgan fingerprint density at radius 3 is 3.10 bits per heavy atom. The van der Waals surface area contributed by atoms with Gasteiger partial charge in [0.2, 0.25) is 0 Å². The topological polar surface area (TPSA) is 35.5 Å². The average molecular weight is 335 g/mol. The van der Waals surface area contributed by atoms with Gasteiger partial charge in [0, 0.05) is 28.5 Å². The van der Waals surface area contributed by atoms with Crippen LogP contribution < -0.4 is 4.74 Å². The zero-order valence-electron chi connectivity index (χ0n) is 11.2. The zero-order chi connectivity index (χ0) is 14.1. The SMILES string of the molecule is CCOC(=O)C1=CC2=C(C1)c1ccc(Br)cc1OCC2. The van der Waals surface area contributed by atoms with E-state index in [-0.39, 0.29) is 5.97 Å². The second-order valence-electron chi connectivity index (χ2n) is 4.81. The van der Waals surface area contributed by atoms with Crippen LogP contribution in [0.15, 0.2) is 39.9 Å². The van der Waals surface area contributed by atoms with Crippen LogP contribution in [0.1, 0.15) is 25.3 Å². The molecule has 1 aliphatic heterocycles. The van der Waals surface area contributed by atoms with Crippen molar-refractivity contribution in [3.05, 3.63) is 45.5 Å². The van der Waals surface area contributed by atoms with Crippen molar-refractivity contribution in [3.8, 4) is 5.75 Å². The van der Waals surface area contributed by atoms with Gasteiger partial charge in [-0.15, -0.1) is 0 Å². The van der Waals surface area contributed by atoms with E-state index in [1.807, 2.05) is 31.2 Å². The average Bonchev–Trinajstić information content (AvgIpc) is 2.77. The Hall–Kier alpha value is -1.55. The van der Waals surface area contributed by atoms with Crippen LogP contribution in [0.4, 0.5) is 0 Å². The van der Waals surface area contributed by atoms with E-state index in [9.17, 15) is 4.79 Å². The third kappa shape index (κ3) is 2.40. The number of carbonyl (C=O) groups is 1. The number of allylic oxidation sites excluding steroid dienone is 2. The monoisotopic (exact) mass is 334 g/mol. The van der Waals surface area contributed by atoms with E-state index in [0.717, 1.165) is 27.8 Å². The summed E-state index contributed by atoms with van der Waals surface area (Å²) in [5.74, 6) is 0.669. The van der Waals surface area contributed by atoms with Crippen LogP contribution in [0.2, 0.25) is 0 Å². The Balaban J connectivity index is 1.93. The molecule has 0 amide bonds. The van der Waals surface area contributed by atoms with Gasteiger partial charge in [0.25, 0.3) is 0 Å². The molecule has 1 aromatic rings. The highest BCUT2D eigenvalue weighted by atomic mass is 79.9. The fourth-order valence-corrected chi connectivity index (χ4v) is 2.97. The predicted octanol–water partition coefficient (Wildman–Crippen LogP) is 3.88. The summed E-state index contributed by atoms with van der Waals surface area (Å²) in [6.07, 6.45) is 3.42. The lowest BCUT2D eigenvalue weighted by Crippen LogP contribution is -2.06. The first-order valence-corrected chi connectivity index (χ1v) is 7.50. The van der Waals surface area contributed by atoms with E-state index in [4.69, 9.17) is 9.47 Å². The van der Waals surface area contributed by atoms with Crippen LogP contribution in [0.25, 0.3) is 5.57 Å². The Morgan fingerprint density at radius 1 is 1.45 bits per heavy atom. The van der Waals surface area contributed by atoms with Crippen molar-refractivity contribution in [1.82, 2.24) is 0 Å². The van der Waals surface area contributed by atoms with Gasteiger partial charge in [0.1, 0.15) is 5.75 Å². The maximum atomic E-state index is 11.9. The molecule has 3 rings (SSSR count). The molecule has 0 radical (unpaired) electrons. The number of fused-ring (bicyclic) bond motifs is 2. The molecule has 0 unspecified atom stereocenters. The van der Waals surface area contributed by atoms with E-state index in [2.05, 4.69) is 15.9 Å². The summed E-state index contributed by atoms with van der Waals surface area (Å²) in [5.41, 5.74) is 4.20. The Kier molecular flexibility index (Phi) is 3.66. The first-order chi connectivity index (χ1) is 9.69. The van der Waals surface area contributed by atoms with Crippen molar-refractivity contribution in [3.63, 3.8) is 0 Å². The Bertz CT molecular complexity index is 629. The molecule has 0 saturated heterocycles. The van der Waals surface area contributed by atoms with Gasteiger partial charge in [-0.25, -0.2) is 4.79 Å². The molecule has 0 fully saturated rings. The normalized spacial score (nSPS) is 16.8. The largest absolute Gasteiger partial charge is 0.493 e. The van der Waals surface area contributed by atoms with Gasteiger partial charge in [-0.1, -0.05) is 15.9 Å². The molecule has 1 heterocycles. The second-order valence-corrected chi connectivity index (χ2v) is 5.73. The minimum atomic E-state index is -0.208. The molecule has 20 heavy (non-hydrogen) atoms. The summed E-state index contributed by atoms with van der Waals surface area (Å²) in [5, 5.41) is 0. The van der Waals surface area contributed by atoms with Crippen molar-refractivity contribution in [2.24, 2.45) is 0 Å². The van der Waals surface area contributed by atoms with Crippen molar-refractivity contribution in [1.29, 1.82) is 0 Å². The highest BCUT2D eigenvalue weighted by Crippen LogP contribution is 2.42. The molecule has 1 aliphatic carbocycles. The molecule has 1 aromatic carbocycles. The van der Waals surface area contributed by atoms with E-state index in [0.29, 0.717) is 19.6 Å². The Morgan fingerprint density at radius 2 is 2.30 bits per heavy atom. The van der Waals surface area contributed by atoms with Crippen LogP contribution in [-0.4, -0.2) is 19.2 Å². The third-order valence-corrected chi connectivity index (χ3v) is 4.03. The maximum Gasteiger partial charge on any atom is 0.334 e. The molecular weight excluding hydrogens is 320 g/mol. The van der Waals surface area contributed by atoms with E-state index in [1.165, 1.54) is 11.1 Å². The Labute approximate surface area is 126 Å². The van der Waals surface area contributed by atoms with Crippen LogP contribution in [-0.2, 0) is 9.53 Å². The lowest BCUT2D eigenvalue weighted by molar-refractivity contribution is -0.138. The minimum absolute atomic E-state index is 0.208. The van der Waals surface area contributed by atoms with E-state index < -0.39 is 0 Å². The molecule has 0 bridgehead atoms. The molecular formula is C16H15BrO3. The smallest absolute Gasteiger partial charge is 0.334 e. The fourth-order valence-electron chi connectivity index (χ4n) is 2.63. The number of benzene rings is 1. The highest BCUT2D eigenvalue weighted by Gasteiger charge is 2.26. The summed E-state index contributed by atoms with van der Waals surface area (Å²) < 4.78 is 11.9. The number of hydrogen-bond acceptors (Lipinski definition) is 3. The summed E-state index contributed by atoms with van der Waals surface area (Å²) in [4.78, 5) is 11.9. The van der Waals surface area contributed by atoms with Gasteiger partial charge in [0.05, 0.1) is 13.2 Å². The molecule has 4 heteroatoms. The molecule has 0 saturated carbocycles. The number of hydrogen-bond donors (Lipinski definition) is 0. The number of esters is 1. The molecule has 0 aromatic heterocycles. The molecule has 0 atom stereocenters. The van der Waals surface area contributed by atoms with Crippen LogP contribution in [0, 0.1) is 0 Å². The second kappa shape index (κ2) is 5.44. The molecule has 0 spiro atoms. The summed E-state index contributed by atoms with van der Waals surface area (Å²) >= 11 is 3.46. The molecule has 2 aliphatic rings. The van der Waals surface area contributed by atoms with Crippen molar-refractivity contribution >= 4 is 27.5 Å². The maximum absolute atomic E-state index is 11.9. The molecule has 0 N–H and O–H groups in total. The lowest BCUT2D eigenvalue weighted by Gasteiger charge is -2.10. The highest BCUT2D eigenvalue weighted by molar-refractivity contribution is 9.10. The van der Waals surface area contributed by atoms with E-state index >= 15 is 0 Å². The molecule has 104 valence electrons. The summed E-state index contributed by atoms with van der Waals surface area (Å²) in [7, 11) is 0. The van der Waals surface area contributed by atoms with Crippen molar-refractivity contribution < 1.29 is 14.3 Å². The van der Waals surface area contributed by atoms with Crippen LogP contribution >= 0.6 is 15.9 Å². The summed E-state index contributed by atoms with van der Waals surface area (Å²) in [6.45, 7) is 2.87. The van der Waals surface area contributed by atoms with Crippen molar-refractivity contribution in [2.45, 2.75) is 19.8 Å². The predicted molar refractivity (Wildman–Crippen MR) is 80.5 cm³/mol. The van der Waals surface area contributed by atoms with Crippen LogP contribution in [0.3, 0.4) is 0 Å². The minimum Gasteiger partial charge on any atom is -0.493 e. The zero-order valence-corrected chi connectivity index (χ0v) is 12.8. The number of halogens is 1. The standard InChI is InChI=1S/C16H15BrO3/c1-2-19-16(18)11-7-10-5-6-20-15-9-12(17)3-4-13(15)14(10)8-11/h3-4,7,9H,2,5-6,8H2,1H3. The fraction of sp³-hybridized carbons (Fsp3) is 0.312.